The number of aryl methyl sites for hydroxylation is 1. The fourth-order valence-electron chi connectivity index (χ4n) is 1.38. The predicted octanol–water partition coefficient (Wildman–Crippen LogP) is 4.71. The molecule has 2 rings (SSSR count). The second-order valence-corrected chi connectivity index (χ2v) is 5.95. The summed E-state index contributed by atoms with van der Waals surface area (Å²) >= 11 is 3.53. The minimum Gasteiger partial charge on any atom is -0.193 e. The Hall–Kier alpha value is -1.37. The number of allylic oxidation sites excluding steroid dienone is 1. The van der Waals surface area contributed by atoms with Crippen LogP contribution in [0.2, 0.25) is 0 Å². The van der Waals surface area contributed by atoms with E-state index in [2.05, 4.69) is 37.3 Å². The van der Waals surface area contributed by atoms with Crippen LogP contribution in [0.25, 0.3) is 15.8 Å². The molecule has 0 bridgehead atoms. The second kappa shape index (κ2) is 4.65. The topological polar surface area (TPSA) is 23.8 Å². The Morgan fingerprint density at radius 2 is 1.88 bits per heavy atom. The van der Waals surface area contributed by atoms with Crippen molar-refractivity contribution in [3.05, 3.63) is 39.6 Å². The Morgan fingerprint density at radius 3 is 2.50 bits per heavy atom. The maximum absolute atomic E-state index is 8.71. The lowest BCUT2D eigenvalue weighted by molar-refractivity contribution is 1.46. The van der Waals surface area contributed by atoms with Gasteiger partial charge in [-0.05, 0) is 44.2 Å². The summed E-state index contributed by atoms with van der Waals surface area (Å²) in [6, 6.07) is 10.6. The van der Waals surface area contributed by atoms with Gasteiger partial charge in [0.05, 0.1) is 6.07 Å². The Kier molecular flexibility index (Phi) is 3.23. The molecule has 0 fully saturated rings. The first-order chi connectivity index (χ1) is 7.69. The molecule has 0 aromatic carbocycles. The zero-order valence-electron chi connectivity index (χ0n) is 9.15. The Balaban J connectivity index is 2.30. The van der Waals surface area contributed by atoms with Gasteiger partial charge in [-0.15, -0.1) is 22.7 Å². The van der Waals surface area contributed by atoms with E-state index in [-0.39, 0.29) is 0 Å². The average Bonchev–Trinajstić information content (AvgIpc) is 2.87. The van der Waals surface area contributed by atoms with Crippen molar-refractivity contribution in [3.63, 3.8) is 0 Å². The van der Waals surface area contributed by atoms with Crippen molar-refractivity contribution in [3.8, 4) is 15.8 Å². The van der Waals surface area contributed by atoms with Crippen molar-refractivity contribution >= 4 is 28.7 Å². The summed E-state index contributed by atoms with van der Waals surface area (Å²) in [7, 11) is 0. The summed E-state index contributed by atoms with van der Waals surface area (Å²) in [6.07, 6.45) is 1.93. The molecule has 2 aromatic heterocycles. The van der Waals surface area contributed by atoms with Crippen LogP contribution in [0.3, 0.4) is 0 Å². The standard InChI is InChI=1S/C13H11NS2/c1-9(8-14)7-11-4-6-13(16-11)12-5-3-10(2)15-12/h3-7H,1-2H3. The molecule has 2 aromatic rings. The van der Waals surface area contributed by atoms with Crippen LogP contribution in [-0.2, 0) is 0 Å². The molecule has 0 saturated carbocycles. The number of thiophene rings is 2. The van der Waals surface area contributed by atoms with Gasteiger partial charge in [0.25, 0.3) is 0 Å². The van der Waals surface area contributed by atoms with Gasteiger partial charge < -0.3 is 0 Å². The smallest absolute Gasteiger partial charge is 0.0944 e. The molecule has 0 aliphatic carbocycles. The first-order valence-corrected chi connectivity index (χ1v) is 6.57. The molecule has 0 aliphatic rings. The van der Waals surface area contributed by atoms with E-state index in [1.54, 1.807) is 22.7 Å². The van der Waals surface area contributed by atoms with E-state index in [4.69, 9.17) is 5.26 Å². The molecule has 0 unspecified atom stereocenters. The number of rotatable bonds is 2. The highest BCUT2D eigenvalue weighted by Crippen LogP contribution is 2.33. The summed E-state index contributed by atoms with van der Waals surface area (Å²) < 4.78 is 0. The Labute approximate surface area is 103 Å². The van der Waals surface area contributed by atoms with E-state index >= 15 is 0 Å². The minimum atomic E-state index is 0.746. The summed E-state index contributed by atoms with van der Waals surface area (Å²) in [4.78, 5) is 5.04. The highest BCUT2D eigenvalue weighted by molar-refractivity contribution is 7.22. The molecule has 1 nitrogen and oxygen atoms in total. The molecule has 80 valence electrons. The van der Waals surface area contributed by atoms with Crippen molar-refractivity contribution in [2.75, 3.05) is 0 Å². The second-order valence-electron chi connectivity index (χ2n) is 3.55. The molecule has 2 heterocycles. The van der Waals surface area contributed by atoms with Crippen LogP contribution < -0.4 is 0 Å². The molecular formula is C13H11NS2. The summed E-state index contributed by atoms with van der Waals surface area (Å²) in [6.45, 7) is 3.94. The van der Waals surface area contributed by atoms with Crippen molar-refractivity contribution in [2.24, 2.45) is 0 Å². The molecule has 0 radical (unpaired) electrons. The number of hydrogen-bond acceptors (Lipinski definition) is 3. The molecule has 0 saturated heterocycles. The van der Waals surface area contributed by atoms with Crippen LogP contribution in [0.4, 0.5) is 0 Å². The van der Waals surface area contributed by atoms with Crippen LogP contribution in [0.1, 0.15) is 16.7 Å². The van der Waals surface area contributed by atoms with E-state index in [1.165, 1.54) is 14.6 Å². The van der Waals surface area contributed by atoms with E-state index in [0.717, 1.165) is 10.5 Å². The predicted molar refractivity (Wildman–Crippen MR) is 71.6 cm³/mol. The monoisotopic (exact) mass is 245 g/mol. The van der Waals surface area contributed by atoms with Crippen LogP contribution in [0.5, 0.6) is 0 Å². The van der Waals surface area contributed by atoms with Crippen LogP contribution in [0, 0.1) is 18.3 Å². The molecule has 3 heteroatoms. The van der Waals surface area contributed by atoms with E-state index in [0.29, 0.717) is 0 Å². The summed E-state index contributed by atoms with van der Waals surface area (Å²) in [5.41, 5.74) is 0.746. The summed E-state index contributed by atoms with van der Waals surface area (Å²) in [5, 5.41) is 8.71. The zero-order chi connectivity index (χ0) is 11.5. The number of hydrogen-bond donors (Lipinski definition) is 0. The van der Waals surface area contributed by atoms with Crippen LogP contribution >= 0.6 is 22.7 Å². The minimum absolute atomic E-state index is 0.746. The number of nitriles is 1. The highest BCUT2D eigenvalue weighted by Gasteiger charge is 2.03. The lowest BCUT2D eigenvalue weighted by atomic mass is 10.3. The average molecular weight is 245 g/mol. The molecular weight excluding hydrogens is 234 g/mol. The van der Waals surface area contributed by atoms with E-state index in [1.807, 2.05) is 13.0 Å². The largest absolute Gasteiger partial charge is 0.193 e. The van der Waals surface area contributed by atoms with E-state index < -0.39 is 0 Å². The molecule has 16 heavy (non-hydrogen) atoms. The molecule has 0 N–H and O–H groups in total. The third kappa shape index (κ3) is 2.41. The highest BCUT2D eigenvalue weighted by atomic mass is 32.1. The molecule has 0 atom stereocenters. The molecule has 0 amide bonds. The van der Waals surface area contributed by atoms with Crippen molar-refractivity contribution < 1.29 is 0 Å². The quantitative estimate of drug-likeness (QED) is 0.703. The fraction of sp³-hybridized carbons (Fsp3) is 0.154. The maximum Gasteiger partial charge on any atom is 0.0944 e. The van der Waals surface area contributed by atoms with Gasteiger partial charge in [-0.25, -0.2) is 0 Å². The maximum atomic E-state index is 8.71. The SMILES string of the molecule is CC(C#N)=Cc1ccc(-c2ccc(C)s2)s1. The Bertz CT molecular complexity index is 567. The van der Waals surface area contributed by atoms with E-state index in [9.17, 15) is 0 Å². The first kappa shape index (κ1) is 11.1. The van der Waals surface area contributed by atoms with Gasteiger partial charge in [-0.2, -0.15) is 5.26 Å². The number of nitrogens with zero attached hydrogens (tertiary/aromatic N) is 1. The normalized spacial score (nSPS) is 11.4. The van der Waals surface area contributed by atoms with Gasteiger partial charge in [0.1, 0.15) is 0 Å². The summed E-state index contributed by atoms with van der Waals surface area (Å²) in [5.74, 6) is 0. The van der Waals surface area contributed by atoms with Gasteiger partial charge in [0.15, 0.2) is 0 Å². The van der Waals surface area contributed by atoms with Gasteiger partial charge in [0.2, 0.25) is 0 Å². The lowest BCUT2D eigenvalue weighted by Gasteiger charge is -1.88. The first-order valence-electron chi connectivity index (χ1n) is 4.94. The van der Waals surface area contributed by atoms with Gasteiger partial charge >= 0.3 is 0 Å². The molecule has 0 spiro atoms. The van der Waals surface area contributed by atoms with Crippen molar-refractivity contribution in [2.45, 2.75) is 13.8 Å². The van der Waals surface area contributed by atoms with Crippen molar-refractivity contribution in [1.82, 2.24) is 0 Å². The van der Waals surface area contributed by atoms with Crippen LogP contribution in [0.15, 0.2) is 29.8 Å². The molecule has 0 aliphatic heterocycles. The fourth-order valence-corrected chi connectivity index (χ4v) is 3.34. The van der Waals surface area contributed by atoms with Gasteiger partial charge in [0, 0.05) is 25.1 Å². The third-order valence-corrected chi connectivity index (χ3v) is 4.37. The zero-order valence-corrected chi connectivity index (χ0v) is 10.8. The third-order valence-electron chi connectivity index (χ3n) is 2.15. The van der Waals surface area contributed by atoms with Crippen LogP contribution in [-0.4, -0.2) is 0 Å². The lowest BCUT2D eigenvalue weighted by Crippen LogP contribution is -1.64. The van der Waals surface area contributed by atoms with Crippen molar-refractivity contribution in [1.29, 1.82) is 5.26 Å². The Morgan fingerprint density at radius 1 is 1.19 bits per heavy atom. The van der Waals surface area contributed by atoms with Gasteiger partial charge in [-0.1, -0.05) is 0 Å². The van der Waals surface area contributed by atoms with Gasteiger partial charge in [-0.3, -0.25) is 0 Å².